The molecular weight excluding hydrogens is 513 g/mol. The van der Waals surface area contributed by atoms with Crippen LogP contribution in [-0.4, -0.2) is 33.0 Å². The molecule has 0 bridgehead atoms. The van der Waals surface area contributed by atoms with E-state index in [2.05, 4.69) is 22.4 Å². The Morgan fingerprint density at radius 2 is 1.78 bits per heavy atom. The second-order valence-corrected chi connectivity index (χ2v) is 10.0. The Morgan fingerprint density at radius 1 is 1.00 bits per heavy atom. The Morgan fingerprint density at radius 3 is 2.57 bits per heavy atom. The Bertz CT molecular complexity index is 1460. The van der Waals surface area contributed by atoms with Gasteiger partial charge < -0.3 is 14.8 Å². The van der Waals surface area contributed by atoms with Crippen LogP contribution in [-0.2, 0) is 36.9 Å². The van der Waals surface area contributed by atoms with E-state index in [0.29, 0.717) is 29.0 Å². The lowest BCUT2D eigenvalue weighted by atomic mass is 9.95. The van der Waals surface area contributed by atoms with Crippen LogP contribution in [0.3, 0.4) is 0 Å². The van der Waals surface area contributed by atoms with Crippen LogP contribution in [0.25, 0.3) is 11.1 Å². The van der Waals surface area contributed by atoms with Gasteiger partial charge >= 0.3 is 5.97 Å². The fourth-order valence-electron chi connectivity index (χ4n) is 4.64. The highest BCUT2D eigenvalue weighted by molar-refractivity contribution is 6.39. The zero-order chi connectivity index (χ0) is 25.9. The van der Waals surface area contributed by atoms with Gasteiger partial charge in [-0.1, -0.05) is 41.4 Å². The minimum atomic E-state index is -1.18. The molecule has 37 heavy (non-hydrogen) atoms. The number of fused-ring (bicyclic) bond motifs is 2. The number of carboxylic acid groups (broad SMARTS) is 1. The van der Waals surface area contributed by atoms with Gasteiger partial charge in [-0.25, -0.2) is 9.78 Å². The van der Waals surface area contributed by atoms with E-state index in [4.69, 9.17) is 32.6 Å². The average molecular weight is 538 g/mol. The predicted molar refractivity (Wildman–Crippen MR) is 141 cm³/mol. The molecule has 1 unspecified atom stereocenters. The topological polar surface area (TPSA) is 105 Å². The van der Waals surface area contributed by atoms with Crippen molar-refractivity contribution in [2.24, 2.45) is 0 Å². The van der Waals surface area contributed by atoms with Crippen LogP contribution in [0.2, 0.25) is 10.0 Å². The van der Waals surface area contributed by atoms with E-state index < -0.39 is 17.9 Å². The summed E-state index contributed by atoms with van der Waals surface area (Å²) in [5, 5.41) is 12.5. The summed E-state index contributed by atoms with van der Waals surface area (Å²) in [7, 11) is 0. The monoisotopic (exact) mass is 537 g/mol. The highest BCUT2D eigenvalue weighted by Crippen LogP contribution is 2.25. The molecule has 0 saturated carbocycles. The fraction of sp³-hybridized carbons (Fsp3) is 0.286. The van der Waals surface area contributed by atoms with Crippen molar-refractivity contribution in [3.63, 3.8) is 0 Å². The molecule has 2 aromatic heterocycles. The van der Waals surface area contributed by atoms with Crippen LogP contribution in [0.4, 0.5) is 0 Å². The number of rotatable bonds is 8. The van der Waals surface area contributed by atoms with Crippen molar-refractivity contribution in [1.82, 2.24) is 15.3 Å². The molecule has 0 aliphatic heterocycles. The number of benzene rings is 2. The van der Waals surface area contributed by atoms with Crippen LogP contribution in [0.5, 0.6) is 0 Å². The summed E-state index contributed by atoms with van der Waals surface area (Å²) in [6, 6.07) is 13.1. The highest BCUT2D eigenvalue weighted by atomic mass is 35.5. The van der Waals surface area contributed by atoms with E-state index in [1.165, 1.54) is 36.2 Å². The number of oxazole rings is 1. The normalized spacial score (nSPS) is 13.8. The number of amides is 1. The van der Waals surface area contributed by atoms with Gasteiger partial charge in [0.1, 0.15) is 11.6 Å². The van der Waals surface area contributed by atoms with Crippen LogP contribution in [0.1, 0.15) is 51.6 Å². The van der Waals surface area contributed by atoms with Gasteiger partial charge in [-0.2, -0.15) is 0 Å². The summed E-state index contributed by atoms with van der Waals surface area (Å²) in [6.45, 7) is 0. The lowest BCUT2D eigenvalue weighted by Crippen LogP contribution is -2.42. The zero-order valence-corrected chi connectivity index (χ0v) is 21.5. The molecule has 2 heterocycles. The van der Waals surface area contributed by atoms with Gasteiger partial charge in [0.2, 0.25) is 0 Å². The number of halogens is 2. The molecule has 0 saturated heterocycles. The maximum atomic E-state index is 12.7. The first-order valence-electron chi connectivity index (χ1n) is 12.2. The molecule has 2 aromatic carbocycles. The molecule has 0 radical (unpaired) electrons. The van der Waals surface area contributed by atoms with Crippen molar-refractivity contribution in [3.8, 4) is 0 Å². The number of hydrogen-bond acceptors (Lipinski definition) is 5. The third-order valence-electron chi connectivity index (χ3n) is 6.56. The van der Waals surface area contributed by atoms with Crippen molar-refractivity contribution in [2.45, 2.75) is 51.0 Å². The summed E-state index contributed by atoms with van der Waals surface area (Å²) < 4.78 is 5.90. The first-order chi connectivity index (χ1) is 17.9. The minimum Gasteiger partial charge on any atom is -0.480 e. The molecule has 4 aromatic rings. The second-order valence-electron chi connectivity index (χ2n) is 9.19. The van der Waals surface area contributed by atoms with E-state index in [-0.39, 0.29) is 22.0 Å². The van der Waals surface area contributed by atoms with Gasteiger partial charge in [-0.15, -0.1) is 0 Å². The van der Waals surface area contributed by atoms with E-state index in [1.807, 2.05) is 0 Å². The molecule has 1 aliphatic rings. The lowest BCUT2D eigenvalue weighted by Gasteiger charge is -2.16. The number of hydrogen-bond donors (Lipinski definition) is 2. The van der Waals surface area contributed by atoms with Crippen LogP contribution < -0.4 is 5.32 Å². The Labute approximate surface area is 223 Å². The molecule has 0 fully saturated rings. The Hall–Kier alpha value is -3.42. The summed E-state index contributed by atoms with van der Waals surface area (Å²) in [6.07, 6.45) is 5.97. The molecule has 1 amide bonds. The number of carboxylic acids is 1. The van der Waals surface area contributed by atoms with Crippen molar-refractivity contribution < 1.29 is 19.1 Å². The second kappa shape index (κ2) is 10.9. The zero-order valence-electron chi connectivity index (χ0n) is 20.0. The van der Waals surface area contributed by atoms with Crippen molar-refractivity contribution in [1.29, 1.82) is 0 Å². The third kappa shape index (κ3) is 5.78. The summed E-state index contributed by atoms with van der Waals surface area (Å²) in [4.78, 5) is 34.0. The molecule has 1 atom stereocenters. The summed E-state index contributed by atoms with van der Waals surface area (Å²) >= 11 is 12.2. The van der Waals surface area contributed by atoms with Gasteiger partial charge in [-0.05, 0) is 73.6 Å². The fourth-order valence-corrected chi connectivity index (χ4v) is 5.21. The number of aryl methyl sites for hydroxylation is 4. The van der Waals surface area contributed by atoms with Gasteiger partial charge in [0.15, 0.2) is 11.5 Å². The molecule has 5 rings (SSSR count). The molecule has 7 nitrogen and oxygen atoms in total. The van der Waals surface area contributed by atoms with E-state index in [0.717, 1.165) is 25.0 Å². The highest BCUT2D eigenvalue weighted by Gasteiger charge is 2.24. The van der Waals surface area contributed by atoms with Gasteiger partial charge in [0.05, 0.1) is 15.6 Å². The Kier molecular flexibility index (Phi) is 7.44. The van der Waals surface area contributed by atoms with Crippen molar-refractivity contribution in [3.05, 3.63) is 92.5 Å². The first-order valence-corrected chi connectivity index (χ1v) is 13.0. The van der Waals surface area contributed by atoms with Gasteiger partial charge in [-0.3, -0.25) is 9.78 Å². The van der Waals surface area contributed by atoms with E-state index in [9.17, 15) is 14.7 Å². The Balaban J connectivity index is 1.27. The first kappa shape index (κ1) is 25.2. The molecular formula is C28H25Cl2N3O4. The summed E-state index contributed by atoms with van der Waals surface area (Å²) in [5.41, 5.74) is 5.59. The molecule has 190 valence electrons. The minimum absolute atomic E-state index is 0.0436. The number of nitrogens with zero attached hydrogens (tertiary/aromatic N) is 2. The molecule has 1 aliphatic carbocycles. The van der Waals surface area contributed by atoms with Crippen molar-refractivity contribution >= 4 is 46.2 Å². The molecule has 2 N–H and O–H groups in total. The van der Waals surface area contributed by atoms with Gasteiger partial charge in [0, 0.05) is 24.2 Å². The number of aliphatic carboxylic acids is 1. The molecule has 0 spiro atoms. The van der Waals surface area contributed by atoms with Crippen LogP contribution in [0.15, 0.2) is 52.9 Å². The number of carbonyl (C=O) groups excluding carboxylic acids is 1. The standard InChI is InChI=1S/C28H25Cl2N3O4/c29-19-5-3-6-20(30)26(19)27(34)33-23(28(35)36)15-16-8-12-24-22(14-16)32-25(37-24)13-11-18-10-9-17-4-1-2-7-21(17)31-18/h3,5-6,8-10,12,14,23H,1-2,4,7,11,13,15H2,(H,33,34)(H,35,36). The number of nitrogens with one attached hydrogen (secondary N) is 1. The summed E-state index contributed by atoms with van der Waals surface area (Å²) in [5.74, 6) is -1.22. The number of carbonyl (C=O) groups is 2. The van der Waals surface area contributed by atoms with Crippen LogP contribution >= 0.6 is 23.2 Å². The van der Waals surface area contributed by atoms with Crippen molar-refractivity contribution in [2.75, 3.05) is 0 Å². The molecule has 9 heteroatoms. The number of aromatic nitrogens is 2. The number of pyridine rings is 1. The maximum Gasteiger partial charge on any atom is 0.326 e. The smallest absolute Gasteiger partial charge is 0.326 e. The third-order valence-corrected chi connectivity index (χ3v) is 7.19. The lowest BCUT2D eigenvalue weighted by molar-refractivity contribution is -0.139. The predicted octanol–water partition coefficient (Wildman–Crippen LogP) is 5.62. The SMILES string of the molecule is O=C(NC(Cc1ccc2oc(CCc3ccc4c(n3)CCCC4)nc2c1)C(=O)O)c1c(Cl)cccc1Cl. The van der Waals surface area contributed by atoms with Crippen LogP contribution in [0, 0.1) is 0 Å². The largest absolute Gasteiger partial charge is 0.480 e. The van der Waals surface area contributed by atoms with E-state index >= 15 is 0 Å². The average Bonchev–Trinajstić information content (AvgIpc) is 3.29. The maximum absolute atomic E-state index is 12.7. The van der Waals surface area contributed by atoms with E-state index in [1.54, 1.807) is 24.3 Å². The van der Waals surface area contributed by atoms with Gasteiger partial charge in [0.25, 0.3) is 5.91 Å². The quantitative estimate of drug-likeness (QED) is 0.302.